The summed E-state index contributed by atoms with van der Waals surface area (Å²) in [6, 6.07) is 5.26. The first-order valence-corrected chi connectivity index (χ1v) is 6.02. The number of imidazole rings is 1. The third kappa shape index (κ3) is 1.85. The third-order valence-corrected chi connectivity index (χ3v) is 3.45. The van der Waals surface area contributed by atoms with Gasteiger partial charge in [0.1, 0.15) is 11.2 Å². The van der Waals surface area contributed by atoms with Gasteiger partial charge in [0.25, 0.3) is 0 Å². The number of aliphatic carboxylic acids is 1. The highest BCUT2D eigenvalue weighted by molar-refractivity contribution is 6.11. The number of carbonyl (C=O) groups is 2. The van der Waals surface area contributed by atoms with Crippen LogP contribution in [0.2, 0.25) is 0 Å². The molecular formula is C13H13N3O3. The highest BCUT2D eigenvalue weighted by Gasteiger charge is 2.57. The predicted molar refractivity (Wildman–Crippen MR) is 68.8 cm³/mol. The minimum Gasteiger partial charge on any atom is -0.480 e. The zero-order chi connectivity index (χ0) is 13.6. The summed E-state index contributed by atoms with van der Waals surface area (Å²) in [6.07, 6.45) is 0.805. The molecule has 2 aromatic rings. The summed E-state index contributed by atoms with van der Waals surface area (Å²) in [5, 5.41) is 11.7. The molecule has 1 fully saturated rings. The lowest BCUT2D eigenvalue weighted by Crippen LogP contribution is -2.31. The Balaban J connectivity index is 1.85. The Hall–Kier alpha value is -2.37. The molecule has 1 saturated carbocycles. The largest absolute Gasteiger partial charge is 0.480 e. The maximum atomic E-state index is 12.0. The molecule has 0 saturated heterocycles. The number of aromatic nitrogens is 2. The first-order valence-electron chi connectivity index (χ1n) is 6.02. The third-order valence-electron chi connectivity index (χ3n) is 3.45. The molecule has 0 bridgehead atoms. The number of anilines is 1. The summed E-state index contributed by atoms with van der Waals surface area (Å²) in [5.74, 6) is -0.707. The quantitative estimate of drug-likeness (QED) is 0.731. The van der Waals surface area contributed by atoms with Gasteiger partial charge in [-0.1, -0.05) is 0 Å². The van der Waals surface area contributed by atoms with Gasteiger partial charge in [-0.3, -0.25) is 9.59 Å². The van der Waals surface area contributed by atoms with Crippen molar-refractivity contribution in [2.45, 2.75) is 19.8 Å². The molecule has 3 N–H and O–H groups in total. The number of carboxylic acid groups (broad SMARTS) is 1. The Morgan fingerprint density at radius 2 is 2.16 bits per heavy atom. The van der Waals surface area contributed by atoms with Gasteiger partial charge in [0.15, 0.2) is 0 Å². The number of H-pyrrole nitrogens is 1. The lowest BCUT2D eigenvalue weighted by atomic mass is 10.1. The normalized spacial score (nSPS) is 16.3. The fraction of sp³-hybridized carbons (Fsp3) is 0.308. The summed E-state index contributed by atoms with van der Waals surface area (Å²) >= 11 is 0. The van der Waals surface area contributed by atoms with E-state index in [1.54, 1.807) is 18.2 Å². The zero-order valence-electron chi connectivity index (χ0n) is 10.4. The molecule has 98 valence electrons. The minimum absolute atomic E-state index is 0.402. The van der Waals surface area contributed by atoms with Crippen LogP contribution in [0.5, 0.6) is 0 Å². The molecule has 1 aliphatic carbocycles. The van der Waals surface area contributed by atoms with E-state index in [9.17, 15) is 9.59 Å². The second-order valence-corrected chi connectivity index (χ2v) is 4.90. The number of hydrogen-bond acceptors (Lipinski definition) is 3. The number of aryl methyl sites for hydroxylation is 1. The molecule has 0 spiro atoms. The molecule has 0 unspecified atom stereocenters. The van der Waals surface area contributed by atoms with Crippen LogP contribution in [0.15, 0.2) is 18.2 Å². The van der Waals surface area contributed by atoms with Crippen LogP contribution in [0.1, 0.15) is 18.7 Å². The van der Waals surface area contributed by atoms with Crippen LogP contribution in [0.25, 0.3) is 11.0 Å². The van der Waals surface area contributed by atoms with Gasteiger partial charge in [-0.05, 0) is 38.0 Å². The van der Waals surface area contributed by atoms with Crippen molar-refractivity contribution in [3.63, 3.8) is 0 Å². The average molecular weight is 259 g/mol. The van der Waals surface area contributed by atoms with Crippen molar-refractivity contribution < 1.29 is 14.7 Å². The summed E-state index contributed by atoms with van der Waals surface area (Å²) in [6.45, 7) is 1.85. The van der Waals surface area contributed by atoms with Crippen LogP contribution in [-0.4, -0.2) is 27.0 Å². The SMILES string of the molecule is Cc1nc2ccc(NC(=O)C3(C(=O)O)CC3)cc2[nH]1. The number of carboxylic acids is 1. The molecule has 1 aliphatic rings. The lowest BCUT2D eigenvalue weighted by molar-refractivity contribution is -0.147. The Bertz CT molecular complexity index is 685. The molecule has 0 radical (unpaired) electrons. The zero-order valence-corrected chi connectivity index (χ0v) is 10.4. The van der Waals surface area contributed by atoms with E-state index < -0.39 is 17.3 Å². The molecule has 6 nitrogen and oxygen atoms in total. The number of aromatic amines is 1. The first-order chi connectivity index (χ1) is 9.01. The Labute approximate surface area is 108 Å². The van der Waals surface area contributed by atoms with E-state index in [4.69, 9.17) is 5.11 Å². The van der Waals surface area contributed by atoms with Gasteiger partial charge in [0, 0.05) is 5.69 Å². The van der Waals surface area contributed by atoms with Crippen molar-refractivity contribution in [2.24, 2.45) is 5.41 Å². The van der Waals surface area contributed by atoms with Gasteiger partial charge in [-0.2, -0.15) is 0 Å². The number of rotatable bonds is 3. The average Bonchev–Trinajstić information content (AvgIpc) is 3.07. The van der Waals surface area contributed by atoms with Gasteiger partial charge in [-0.25, -0.2) is 4.98 Å². The van der Waals surface area contributed by atoms with Gasteiger partial charge >= 0.3 is 5.97 Å². The molecular weight excluding hydrogens is 246 g/mol. The van der Waals surface area contributed by atoms with E-state index in [2.05, 4.69) is 15.3 Å². The fourth-order valence-electron chi connectivity index (χ4n) is 2.13. The Kier molecular flexibility index (Phi) is 2.35. The molecule has 1 aromatic carbocycles. The van der Waals surface area contributed by atoms with E-state index in [0.717, 1.165) is 16.9 Å². The van der Waals surface area contributed by atoms with Crippen molar-refractivity contribution in [1.29, 1.82) is 0 Å². The van der Waals surface area contributed by atoms with Crippen molar-refractivity contribution in [3.8, 4) is 0 Å². The number of hydrogen-bond donors (Lipinski definition) is 3. The van der Waals surface area contributed by atoms with Crippen molar-refractivity contribution in [2.75, 3.05) is 5.32 Å². The van der Waals surface area contributed by atoms with Crippen LogP contribution < -0.4 is 5.32 Å². The van der Waals surface area contributed by atoms with E-state index in [0.29, 0.717) is 18.5 Å². The molecule has 6 heteroatoms. The maximum absolute atomic E-state index is 12.0. The smallest absolute Gasteiger partial charge is 0.319 e. The number of nitrogens with one attached hydrogen (secondary N) is 2. The van der Waals surface area contributed by atoms with E-state index >= 15 is 0 Å². The van der Waals surface area contributed by atoms with Crippen LogP contribution in [0.3, 0.4) is 0 Å². The number of fused-ring (bicyclic) bond motifs is 1. The summed E-state index contributed by atoms with van der Waals surface area (Å²) in [4.78, 5) is 30.3. The van der Waals surface area contributed by atoms with E-state index in [1.807, 2.05) is 6.92 Å². The van der Waals surface area contributed by atoms with E-state index in [1.165, 1.54) is 0 Å². The van der Waals surface area contributed by atoms with Crippen LogP contribution in [-0.2, 0) is 9.59 Å². The Morgan fingerprint density at radius 3 is 2.79 bits per heavy atom. The fourth-order valence-corrected chi connectivity index (χ4v) is 2.13. The topological polar surface area (TPSA) is 95.1 Å². The summed E-state index contributed by atoms with van der Waals surface area (Å²) in [5.41, 5.74) is 0.984. The number of carbonyl (C=O) groups excluding carboxylic acids is 1. The second kappa shape index (κ2) is 3.81. The number of nitrogens with zero attached hydrogens (tertiary/aromatic N) is 1. The number of benzene rings is 1. The molecule has 0 atom stereocenters. The van der Waals surface area contributed by atoms with Gasteiger partial charge in [0.2, 0.25) is 5.91 Å². The number of amides is 1. The lowest BCUT2D eigenvalue weighted by Gasteiger charge is -2.10. The van der Waals surface area contributed by atoms with Crippen LogP contribution >= 0.6 is 0 Å². The molecule has 1 heterocycles. The molecule has 19 heavy (non-hydrogen) atoms. The van der Waals surface area contributed by atoms with Crippen LogP contribution in [0, 0.1) is 12.3 Å². The monoisotopic (exact) mass is 259 g/mol. The summed E-state index contributed by atoms with van der Waals surface area (Å²) in [7, 11) is 0. The highest BCUT2D eigenvalue weighted by atomic mass is 16.4. The summed E-state index contributed by atoms with van der Waals surface area (Å²) < 4.78 is 0. The predicted octanol–water partition coefficient (Wildman–Crippen LogP) is 1.67. The van der Waals surface area contributed by atoms with Crippen molar-refractivity contribution in [1.82, 2.24) is 9.97 Å². The maximum Gasteiger partial charge on any atom is 0.319 e. The highest BCUT2D eigenvalue weighted by Crippen LogP contribution is 2.46. The van der Waals surface area contributed by atoms with E-state index in [-0.39, 0.29) is 0 Å². The standard InChI is InChI=1S/C13H13N3O3/c1-7-14-9-3-2-8(6-10(9)15-7)16-11(17)13(4-5-13)12(18)19/h2-3,6H,4-5H2,1H3,(H,14,15)(H,16,17)(H,18,19). The van der Waals surface area contributed by atoms with Crippen molar-refractivity contribution >= 4 is 28.6 Å². The molecule has 1 amide bonds. The Morgan fingerprint density at radius 1 is 1.42 bits per heavy atom. The van der Waals surface area contributed by atoms with Crippen LogP contribution in [0.4, 0.5) is 5.69 Å². The molecule has 1 aromatic heterocycles. The van der Waals surface area contributed by atoms with Gasteiger partial charge < -0.3 is 15.4 Å². The van der Waals surface area contributed by atoms with Gasteiger partial charge in [0.05, 0.1) is 11.0 Å². The molecule has 3 rings (SSSR count). The van der Waals surface area contributed by atoms with Gasteiger partial charge in [-0.15, -0.1) is 0 Å². The van der Waals surface area contributed by atoms with Crippen molar-refractivity contribution in [3.05, 3.63) is 24.0 Å². The second-order valence-electron chi connectivity index (χ2n) is 4.90. The molecule has 0 aliphatic heterocycles. The minimum atomic E-state index is -1.22. The first kappa shape index (κ1) is 11.7.